The molecule has 9 heteroatoms. The number of hydrogen-bond acceptors (Lipinski definition) is 6. The minimum Gasteiger partial charge on any atom is -0.394 e. The molecule has 2 aromatic carbocycles. The standard InChI is InChI=1S/C17H21NO6S2/c19-11-16(20)10-18(15-7-8-25(21,22)12-15)26(23,24)17-6-5-13-3-1-2-4-14(13)9-17/h1-6,9,15-16,19-20H,7-8,10-12H2/t15-,16-/m1/s1. The summed E-state index contributed by atoms with van der Waals surface area (Å²) >= 11 is 0. The van der Waals surface area contributed by atoms with Gasteiger partial charge in [0, 0.05) is 12.6 Å². The number of fused-ring (bicyclic) bond motifs is 1. The molecule has 1 aliphatic heterocycles. The third-order valence-corrected chi connectivity index (χ3v) is 8.21. The lowest BCUT2D eigenvalue weighted by molar-refractivity contribution is 0.0730. The van der Waals surface area contributed by atoms with Gasteiger partial charge < -0.3 is 10.2 Å². The van der Waals surface area contributed by atoms with E-state index in [1.54, 1.807) is 18.2 Å². The fraction of sp³-hybridized carbons (Fsp3) is 0.412. The molecule has 3 rings (SSSR count). The van der Waals surface area contributed by atoms with Crippen LogP contribution >= 0.6 is 0 Å². The smallest absolute Gasteiger partial charge is 0.243 e. The highest BCUT2D eigenvalue weighted by Gasteiger charge is 2.39. The minimum atomic E-state index is -4.03. The number of nitrogens with zero attached hydrogens (tertiary/aromatic N) is 1. The Morgan fingerprint density at radius 1 is 1.15 bits per heavy atom. The van der Waals surface area contributed by atoms with Gasteiger partial charge in [-0.1, -0.05) is 30.3 Å². The molecular weight excluding hydrogens is 378 g/mol. The van der Waals surface area contributed by atoms with Crippen molar-refractivity contribution < 1.29 is 27.0 Å². The molecule has 0 saturated carbocycles. The summed E-state index contributed by atoms with van der Waals surface area (Å²) in [6, 6.07) is 11.3. The molecule has 2 atom stereocenters. The number of sulfone groups is 1. The Kier molecular flexibility index (Phi) is 5.36. The van der Waals surface area contributed by atoms with E-state index in [9.17, 15) is 21.9 Å². The molecule has 0 spiro atoms. The average molecular weight is 399 g/mol. The number of hydrogen-bond donors (Lipinski definition) is 2. The lowest BCUT2D eigenvalue weighted by atomic mass is 10.1. The highest BCUT2D eigenvalue weighted by Crippen LogP contribution is 2.27. The molecule has 2 N–H and O–H groups in total. The second-order valence-electron chi connectivity index (χ2n) is 6.48. The maximum Gasteiger partial charge on any atom is 0.243 e. The van der Waals surface area contributed by atoms with Crippen LogP contribution in [0.5, 0.6) is 0 Å². The van der Waals surface area contributed by atoms with Crippen LogP contribution in [0.2, 0.25) is 0 Å². The van der Waals surface area contributed by atoms with Crippen molar-refractivity contribution in [2.24, 2.45) is 0 Å². The van der Waals surface area contributed by atoms with Gasteiger partial charge in [-0.3, -0.25) is 0 Å². The third-order valence-electron chi connectivity index (χ3n) is 4.54. The fourth-order valence-corrected chi connectivity index (χ4v) is 6.73. The summed E-state index contributed by atoms with van der Waals surface area (Å²) in [7, 11) is -7.34. The molecule has 0 aliphatic carbocycles. The first kappa shape index (κ1) is 19.2. The first-order chi connectivity index (χ1) is 12.2. The fourth-order valence-electron chi connectivity index (χ4n) is 3.17. The summed E-state index contributed by atoms with van der Waals surface area (Å²) < 4.78 is 51.0. The normalized spacial score (nSPS) is 21.3. The van der Waals surface area contributed by atoms with Crippen molar-refractivity contribution in [3.63, 3.8) is 0 Å². The van der Waals surface area contributed by atoms with E-state index in [0.29, 0.717) is 0 Å². The highest BCUT2D eigenvalue weighted by atomic mass is 32.2. The molecule has 0 aromatic heterocycles. The van der Waals surface area contributed by atoms with Crippen molar-refractivity contribution >= 4 is 30.6 Å². The molecule has 0 bridgehead atoms. The number of sulfonamides is 1. The molecule has 0 radical (unpaired) electrons. The van der Waals surface area contributed by atoms with Crippen LogP contribution in [0.4, 0.5) is 0 Å². The van der Waals surface area contributed by atoms with Crippen molar-refractivity contribution in [3.8, 4) is 0 Å². The lowest BCUT2D eigenvalue weighted by Crippen LogP contribution is -2.46. The van der Waals surface area contributed by atoms with Crippen molar-refractivity contribution in [2.45, 2.75) is 23.5 Å². The first-order valence-corrected chi connectivity index (χ1v) is 11.5. The Bertz CT molecular complexity index is 1000. The molecule has 142 valence electrons. The molecule has 1 saturated heterocycles. The van der Waals surface area contributed by atoms with E-state index in [1.807, 2.05) is 12.1 Å². The van der Waals surface area contributed by atoms with Crippen LogP contribution in [0.15, 0.2) is 47.4 Å². The van der Waals surface area contributed by atoms with E-state index in [1.165, 1.54) is 12.1 Å². The zero-order valence-electron chi connectivity index (χ0n) is 14.0. The molecular formula is C17H21NO6S2. The summed E-state index contributed by atoms with van der Waals surface area (Å²) in [5, 5.41) is 20.5. The third kappa shape index (κ3) is 3.91. The SMILES string of the molecule is O=S1(=O)CC[C@@H](N(C[C@@H](O)CO)S(=O)(=O)c2ccc3ccccc3c2)C1. The molecule has 7 nitrogen and oxygen atoms in total. The number of aliphatic hydroxyl groups is 2. The number of benzene rings is 2. The van der Waals surface area contributed by atoms with Crippen LogP contribution in [0.25, 0.3) is 10.8 Å². The van der Waals surface area contributed by atoms with E-state index < -0.39 is 38.6 Å². The monoisotopic (exact) mass is 399 g/mol. The molecule has 0 amide bonds. The van der Waals surface area contributed by atoms with Gasteiger partial charge in [0.1, 0.15) is 0 Å². The number of aliphatic hydroxyl groups excluding tert-OH is 2. The van der Waals surface area contributed by atoms with Crippen LogP contribution in [0.3, 0.4) is 0 Å². The predicted molar refractivity (Wildman–Crippen MR) is 98.0 cm³/mol. The van der Waals surface area contributed by atoms with Crippen LogP contribution in [-0.4, -0.2) is 68.2 Å². The summed E-state index contributed by atoms with van der Waals surface area (Å²) in [5.74, 6) is -0.366. The molecule has 26 heavy (non-hydrogen) atoms. The van der Waals surface area contributed by atoms with E-state index >= 15 is 0 Å². The van der Waals surface area contributed by atoms with Crippen LogP contribution in [0, 0.1) is 0 Å². The summed E-state index contributed by atoms with van der Waals surface area (Å²) in [6.45, 7) is -0.963. The van der Waals surface area contributed by atoms with Gasteiger partial charge in [-0.05, 0) is 29.3 Å². The molecule has 0 unspecified atom stereocenters. The Balaban J connectivity index is 2.02. The Morgan fingerprint density at radius 3 is 2.46 bits per heavy atom. The van der Waals surface area contributed by atoms with Gasteiger partial charge in [-0.25, -0.2) is 16.8 Å². The predicted octanol–water partition coefficient (Wildman–Crippen LogP) is 0.371. The second kappa shape index (κ2) is 7.24. The minimum absolute atomic E-state index is 0.0330. The topological polar surface area (TPSA) is 112 Å². The van der Waals surface area contributed by atoms with E-state index in [0.717, 1.165) is 15.1 Å². The lowest BCUT2D eigenvalue weighted by Gasteiger charge is -2.29. The van der Waals surface area contributed by atoms with E-state index in [2.05, 4.69) is 0 Å². The molecule has 1 aliphatic rings. The van der Waals surface area contributed by atoms with E-state index in [4.69, 9.17) is 5.11 Å². The molecule has 1 heterocycles. The Morgan fingerprint density at radius 2 is 1.85 bits per heavy atom. The van der Waals surface area contributed by atoms with Gasteiger partial charge in [0.25, 0.3) is 0 Å². The van der Waals surface area contributed by atoms with Crippen LogP contribution in [-0.2, 0) is 19.9 Å². The zero-order valence-corrected chi connectivity index (χ0v) is 15.7. The summed E-state index contributed by atoms with van der Waals surface area (Å²) in [6.07, 6.45) is -1.11. The first-order valence-electron chi connectivity index (χ1n) is 8.23. The van der Waals surface area contributed by atoms with Gasteiger partial charge in [0.15, 0.2) is 9.84 Å². The van der Waals surface area contributed by atoms with Gasteiger partial charge in [0.05, 0.1) is 29.1 Å². The van der Waals surface area contributed by atoms with Gasteiger partial charge in [-0.15, -0.1) is 0 Å². The summed E-state index contributed by atoms with van der Waals surface area (Å²) in [4.78, 5) is 0.0330. The number of rotatable bonds is 6. The maximum absolute atomic E-state index is 13.2. The van der Waals surface area contributed by atoms with Crippen molar-refractivity contribution in [2.75, 3.05) is 24.7 Å². The van der Waals surface area contributed by atoms with Crippen LogP contribution < -0.4 is 0 Å². The maximum atomic E-state index is 13.2. The second-order valence-corrected chi connectivity index (χ2v) is 10.6. The zero-order chi connectivity index (χ0) is 18.9. The Labute approximate surface area is 152 Å². The van der Waals surface area contributed by atoms with Crippen molar-refractivity contribution in [3.05, 3.63) is 42.5 Å². The van der Waals surface area contributed by atoms with Crippen LogP contribution in [0.1, 0.15) is 6.42 Å². The van der Waals surface area contributed by atoms with Crippen molar-refractivity contribution in [1.82, 2.24) is 4.31 Å². The molecule has 1 fully saturated rings. The van der Waals surface area contributed by atoms with Gasteiger partial charge >= 0.3 is 0 Å². The largest absolute Gasteiger partial charge is 0.394 e. The van der Waals surface area contributed by atoms with Gasteiger partial charge in [0.2, 0.25) is 10.0 Å². The Hall–Kier alpha value is -1.52. The quantitative estimate of drug-likeness (QED) is 0.726. The molecule has 2 aromatic rings. The van der Waals surface area contributed by atoms with Crippen molar-refractivity contribution in [1.29, 1.82) is 0 Å². The van der Waals surface area contributed by atoms with Gasteiger partial charge in [-0.2, -0.15) is 4.31 Å². The average Bonchev–Trinajstić information content (AvgIpc) is 2.98. The summed E-state index contributed by atoms with van der Waals surface area (Å²) in [5.41, 5.74) is 0. The van der Waals surface area contributed by atoms with E-state index in [-0.39, 0.29) is 29.4 Å². The highest BCUT2D eigenvalue weighted by molar-refractivity contribution is 7.92.